The van der Waals surface area contributed by atoms with Crippen LogP contribution in [0.2, 0.25) is 0 Å². The van der Waals surface area contributed by atoms with Crippen LogP contribution in [0.5, 0.6) is 11.5 Å². The van der Waals surface area contributed by atoms with Gasteiger partial charge in [-0.1, -0.05) is 0 Å². The number of methoxy groups -OCH3 is 2. The number of hydrogen-bond donors (Lipinski definition) is 1. The van der Waals surface area contributed by atoms with E-state index < -0.39 is 5.63 Å². The maximum Gasteiger partial charge on any atom is 0.357 e. The largest absolute Gasteiger partial charge is 0.497 e. The summed E-state index contributed by atoms with van der Waals surface area (Å²) in [5, 5.41) is 2.53. The summed E-state index contributed by atoms with van der Waals surface area (Å²) in [5.41, 5.74) is 0.895. The molecule has 0 fully saturated rings. The van der Waals surface area contributed by atoms with Gasteiger partial charge in [0.15, 0.2) is 0 Å². The van der Waals surface area contributed by atoms with Crippen molar-refractivity contribution < 1.29 is 14.0 Å². The molecule has 0 atom stereocenters. The second-order valence-corrected chi connectivity index (χ2v) is 3.15. The molecule has 1 heterocycles. The Bertz CT molecular complexity index is 541. The molecule has 0 aliphatic heterocycles. The van der Waals surface area contributed by atoms with Crippen molar-refractivity contribution in [3.8, 4) is 22.8 Å². The van der Waals surface area contributed by atoms with Gasteiger partial charge in [-0.2, -0.15) is 0 Å². The van der Waals surface area contributed by atoms with E-state index in [2.05, 4.69) is 9.68 Å². The first-order valence-electron chi connectivity index (χ1n) is 4.65. The molecule has 1 N–H and O–H groups in total. The first-order valence-corrected chi connectivity index (χ1v) is 4.65. The van der Waals surface area contributed by atoms with Gasteiger partial charge in [0.2, 0.25) is 0 Å². The highest BCUT2D eigenvalue weighted by atomic mass is 16.5. The molecule has 2 aromatic rings. The second kappa shape index (κ2) is 4.14. The van der Waals surface area contributed by atoms with Crippen LogP contribution in [0.1, 0.15) is 0 Å². The van der Waals surface area contributed by atoms with Crippen LogP contribution < -0.4 is 15.1 Å². The Labute approximate surface area is 91.6 Å². The van der Waals surface area contributed by atoms with Gasteiger partial charge < -0.3 is 14.0 Å². The van der Waals surface area contributed by atoms with E-state index in [1.54, 1.807) is 32.4 Å². The first kappa shape index (κ1) is 10.4. The Morgan fingerprint density at radius 1 is 1.19 bits per heavy atom. The minimum Gasteiger partial charge on any atom is -0.497 e. The number of rotatable bonds is 3. The van der Waals surface area contributed by atoms with E-state index in [0.717, 1.165) is 5.56 Å². The van der Waals surface area contributed by atoms with Crippen molar-refractivity contribution >= 4 is 0 Å². The van der Waals surface area contributed by atoms with Crippen molar-refractivity contribution in [1.29, 1.82) is 0 Å². The number of nitrogens with one attached hydrogen (secondary N) is 1. The highest BCUT2D eigenvalue weighted by molar-refractivity contribution is 5.67. The smallest absolute Gasteiger partial charge is 0.357 e. The summed E-state index contributed by atoms with van der Waals surface area (Å²) in [4.78, 5) is 10.9. The van der Waals surface area contributed by atoms with Crippen LogP contribution in [0.25, 0.3) is 11.3 Å². The number of ether oxygens (including phenoxy) is 2. The van der Waals surface area contributed by atoms with E-state index in [1.165, 1.54) is 6.07 Å². The molecular weight excluding hydrogens is 210 g/mol. The van der Waals surface area contributed by atoms with Gasteiger partial charge >= 0.3 is 5.63 Å². The SMILES string of the molecule is COc1ccc(-c2cc(=O)o[nH]2)c(OC)c1. The van der Waals surface area contributed by atoms with Gasteiger partial charge in [-0.05, 0) is 12.1 Å². The van der Waals surface area contributed by atoms with Crippen LogP contribution in [0.3, 0.4) is 0 Å². The third kappa shape index (κ3) is 1.79. The molecule has 5 nitrogen and oxygen atoms in total. The lowest BCUT2D eigenvalue weighted by Gasteiger charge is -2.08. The number of aromatic amines is 1. The summed E-state index contributed by atoms with van der Waals surface area (Å²) in [6.07, 6.45) is 0. The Morgan fingerprint density at radius 3 is 2.56 bits per heavy atom. The van der Waals surface area contributed by atoms with Gasteiger partial charge in [-0.3, -0.25) is 0 Å². The molecule has 5 heteroatoms. The van der Waals surface area contributed by atoms with Crippen LogP contribution in [0.15, 0.2) is 33.6 Å². The summed E-state index contributed by atoms with van der Waals surface area (Å²) in [5.74, 6) is 1.29. The second-order valence-electron chi connectivity index (χ2n) is 3.15. The molecule has 0 spiro atoms. The van der Waals surface area contributed by atoms with Gasteiger partial charge in [-0.15, -0.1) is 0 Å². The van der Waals surface area contributed by atoms with Gasteiger partial charge in [0, 0.05) is 11.6 Å². The molecule has 0 bridgehead atoms. The molecule has 0 aliphatic carbocycles. The number of H-pyrrole nitrogens is 1. The predicted octanol–water partition coefficient (Wildman–Crippen LogP) is 1.65. The normalized spacial score (nSPS) is 10.1. The Hall–Kier alpha value is -2.17. The fourth-order valence-corrected chi connectivity index (χ4v) is 1.44. The summed E-state index contributed by atoms with van der Waals surface area (Å²) in [7, 11) is 3.13. The quantitative estimate of drug-likeness (QED) is 0.855. The maximum atomic E-state index is 10.9. The van der Waals surface area contributed by atoms with E-state index >= 15 is 0 Å². The predicted molar refractivity (Wildman–Crippen MR) is 57.9 cm³/mol. The topological polar surface area (TPSA) is 64.5 Å². The third-order valence-electron chi connectivity index (χ3n) is 2.22. The zero-order chi connectivity index (χ0) is 11.5. The van der Waals surface area contributed by atoms with E-state index in [1.807, 2.05) is 0 Å². The minimum absolute atomic E-state index is 0.423. The van der Waals surface area contributed by atoms with Gasteiger partial charge in [0.25, 0.3) is 0 Å². The molecule has 0 amide bonds. The van der Waals surface area contributed by atoms with E-state index in [-0.39, 0.29) is 0 Å². The van der Waals surface area contributed by atoms with Gasteiger partial charge in [0.05, 0.1) is 26.0 Å². The Morgan fingerprint density at radius 2 is 2.00 bits per heavy atom. The molecule has 2 rings (SSSR count). The zero-order valence-electron chi connectivity index (χ0n) is 8.94. The maximum absolute atomic E-state index is 10.9. The van der Waals surface area contributed by atoms with Crippen molar-refractivity contribution in [2.24, 2.45) is 0 Å². The highest BCUT2D eigenvalue weighted by Gasteiger charge is 2.09. The molecule has 84 valence electrons. The summed E-state index contributed by atoms with van der Waals surface area (Å²) < 4.78 is 14.9. The minimum atomic E-state index is -0.423. The number of hydrogen-bond acceptors (Lipinski definition) is 4. The average Bonchev–Trinajstić information content (AvgIpc) is 2.74. The van der Waals surface area contributed by atoms with Crippen molar-refractivity contribution in [2.45, 2.75) is 0 Å². The van der Waals surface area contributed by atoms with Crippen molar-refractivity contribution in [3.63, 3.8) is 0 Å². The standard InChI is InChI=1S/C11H11NO4/c1-14-7-3-4-8(10(5-7)15-2)9-6-11(13)16-12-9/h3-6,12H,1-2H3. The van der Waals surface area contributed by atoms with Crippen LogP contribution in [-0.4, -0.2) is 19.4 Å². The van der Waals surface area contributed by atoms with E-state index in [4.69, 9.17) is 9.47 Å². The zero-order valence-corrected chi connectivity index (χ0v) is 8.94. The van der Waals surface area contributed by atoms with E-state index in [0.29, 0.717) is 17.2 Å². The van der Waals surface area contributed by atoms with Crippen LogP contribution >= 0.6 is 0 Å². The molecule has 0 saturated heterocycles. The molecule has 0 radical (unpaired) electrons. The van der Waals surface area contributed by atoms with Crippen LogP contribution in [-0.2, 0) is 0 Å². The number of benzene rings is 1. The molecule has 0 unspecified atom stereocenters. The van der Waals surface area contributed by atoms with Crippen molar-refractivity contribution in [2.75, 3.05) is 14.2 Å². The summed E-state index contributed by atoms with van der Waals surface area (Å²) in [6, 6.07) is 6.67. The average molecular weight is 221 g/mol. The fourth-order valence-electron chi connectivity index (χ4n) is 1.44. The molecule has 1 aromatic heterocycles. The highest BCUT2D eigenvalue weighted by Crippen LogP contribution is 2.31. The monoisotopic (exact) mass is 221 g/mol. The van der Waals surface area contributed by atoms with Gasteiger partial charge in [0.1, 0.15) is 11.5 Å². The summed E-state index contributed by atoms with van der Waals surface area (Å²) >= 11 is 0. The lowest BCUT2D eigenvalue weighted by molar-refractivity contribution is 0.388. The Kier molecular flexibility index (Phi) is 2.68. The molecule has 0 aliphatic rings. The van der Waals surface area contributed by atoms with E-state index in [9.17, 15) is 4.79 Å². The van der Waals surface area contributed by atoms with Crippen LogP contribution in [0, 0.1) is 0 Å². The third-order valence-corrected chi connectivity index (χ3v) is 2.22. The molecule has 1 aromatic carbocycles. The fraction of sp³-hybridized carbons (Fsp3) is 0.182. The van der Waals surface area contributed by atoms with Crippen molar-refractivity contribution in [3.05, 3.63) is 34.7 Å². The summed E-state index contributed by atoms with van der Waals surface area (Å²) in [6.45, 7) is 0. The van der Waals surface area contributed by atoms with Gasteiger partial charge in [-0.25, -0.2) is 9.95 Å². The molecule has 16 heavy (non-hydrogen) atoms. The Balaban J connectivity index is 2.52. The lowest BCUT2D eigenvalue weighted by Crippen LogP contribution is -1.91. The molecular formula is C11H11NO4. The lowest BCUT2D eigenvalue weighted by atomic mass is 10.1. The molecule has 0 saturated carbocycles. The first-order chi connectivity index (χ1) is 7.74. The number of aromatic nitrogens is 1. The van der Waals surface area contributed by atoms with Crippen LogP contribution in [0.4, 0.5) is 0 Å². The van der Waals surface area contributed by atoms with Crippen molar-refractivity contribution in [1.82, 2.24) is 5.16 Å².